The van der Waals surface area contributed by atoms with Gasteiger partial charge in [-0.15, -0.1) is 0 Å². The molecule has 2 nitrogen and oxygen atoms in total. The van der Waals surface area contributed by atoms with E-state index in [1.165, 1.54) is 6.42 Å². The van der Waals surface area contributed by atoms with Crippen LogP contribution in [0.25, 0.3) is 0 Å². The lowest BCUT2D eigenvalue weighted by Crippen LogP contribution is -2.24. The minimum Gasteiger partial charge on any atom is -0.474 e. The molecule has 70 valence electrons. The molecule has 0 saturated heterocycles. The first-order chi connectivity index (χ1) is 5.59. The summed E-state index contributed by atoms with van der Waals surface area (Å²) in [6.45, 7) is 6.50. The second-order valence-electron chi connectivity index (χ2n) is 3.95. The predicted molar refractivity (Wildman–Crippen MR) is 50.5 cm³/mol. The van der Waals surface area contributed by atoms with Gasteiger partial charge in [0.25, 0.3) is 0 Å². The largest absolute Gasteiger partial charge is 0.474 e. The standard InChI is InChI=1S/C10H19NO/c1-8(2)5-6-10-11(4)7-9(3)12-10/h7-8,10H,5-6H2,1-4H3. The number of ether oxygens (including phenoxy) is 1. The Morgan fingerprint density at radius 1 is 1.58 bits per heavy atom. The first-order valence-electron chi connectivity index (χ1n) is 4.66. The van der Waals surface area contributed by atoms with Crippen molar-refractivity contribution in [3.05, 3.63) is 12.0 Å². The molecule has 2 heteroatoms. The molecule has 0 N–H and O–H groups in total. The summed E-state index contributed by atoms with van der Waals surface area (Å²) in [5.41, 5.74) is 0. The molecule has 0 fully saturated rings. The molecule has 0 amide bonds. The summed E-state index contributed by atoms with van der Waals surface area (Å²) >= 11 is 0. The highest BCUT2D eigenvalue weighted by Crippen LogP contribution is 2.21. The SMILES string of the molecule is CC1=CN(C)C(CCC(C)C)O1. The zero-order valence-corrected chi connectivity index (χ0v) is 8.50. The zero-order chi connectivity index (χ0) is 9.14. The van der Waals surface area contributed by atoms with E-state index in [0.29, 0.717) is 0 Å². The van der Waals surface area contributed by atoms with Crippen LogP contribution < -0.4 is 0 Å². The third-order valence-electron chi connectivity index (χ3n) is 2.15. The molecule has 12 heavy (non-hydrogen) atoms. The minimum atomic E-state index is 0.285. The summed E-state index contributed by atoms with van der Waals surface area (Å²) < 4.78 is 5.61. The van der Waals surface area contributed by atoms with Crippen LogP contribution in [-0.2, 0) is 4.74 Å². The maximum absolute atomic E-state index is 5.61. The van der Waals surface area contributed by atoms with E-state index in [2.05, 4.69) is 32.0 Å². The quantitative estimate of drug-likeness (QED) is 0.644. The highest BCUT2D eigenvalue weighted by atomic mass is 16.5. The van der Waals surface area contributed by atoms with Crippen molar-refractivity contribution in [3.63, 3.8) is 0 Å². The predicted octanol–water partition coefficient (Wildman–Crippen LogP) is 2.57. The first-order valence-corrected chi connectivity index (χ1v) is 4.66. The smallest absolute Gasteiger partial charge is 0.171 e. The Bertz CT molecular complexity index is 175. The Balaban J connectivity index is 2.27. The van der Waals surface area contributed by atoms with Crippen molar-refractivity contribution in [3.8, 4) is 0 Å². The fraction of sp³-hybridized carbons (Fsp3) is 0.800. The topological polar surface area (TPSA) is 12.5 Å². The molecule has 1 aliphatic heterocycles. The molecule has 0 aliphatic carbocycles. The molecule has 0 saturated carbocycles. The summed E-state index contributed by atoms with van der Waals surface area (Å²) in [6, 6.07) is 0. The summed E-state index contributed by atoms with van der Waals surface area (Å²) in [7, 11) is 2.07. The molecule has 0 aromatic carbocycles. The number of nitrogens with zero attached hydrogens (tertiary/aromatic N) is 1. The molecule has 0 aromatic rings. The lowest BCUT2D eigenvalue weighted by Gasteiger charge is -2.20. The van der Waals surface area contributed by atoms with Crippen LogP contribution in [0.15, 0.2) is 12.0 Å². The Labute approximate surface area is 75.2 Å². The highest BCUT2D eigenvalue weighted by molar-refractivity contribution is 4.95. The number of allylic oxidation sites excluding steroid dienone is 1. The van der Waals surface area contributed by atoms with Gasteiger partial charge in [0.1, 0.15) is 5.76 Å². The van der Waals surface area contributed by atoms with Crippen molar-refractivity contribution in [2.45, 2.75) is 39.8 Å². The van der Waals surface area contributed by atoms with Gasteiger partial charge >= 0.3 is 0 Å². The summed E-state index contributed by atoms with van der Waals surface area (Å²) in [5, 5.41) is 0. The van der Waals surface area contributed by atoms with Gasteiger partial charge in [-0.25, -0.2) is 0 Å². The molecule has 0 radical (unpaired) electrons. The van der Waals surface area contributed by atoms with Crippen molar-refractivity contribution in [2.75, 3.05) is 7.05 Å². The molecule has 1 unspecified atom stereocenters. The molecule has 0 aromatic heterocycles. The average molecular weight is 169 g/mol. The lowest BCUT2D eigenvalue weighted by atomic mass is 10.1. The molecule has 1 atom stereocenters. The normalized spacial score (nSPS) is 22.9. The van der Waals surface area contributed by atoms with Gasteiger partial charge in [0.15, 0.2) is 6.23 Å². The van der Waals surface area contributed by atoms with Gasteiger partial charge in [-0.1, -0.05) is 13.8 Å². The maximum atomic E-state index is 5.61. The Kier molecular flexibility index (Phi) is 3.01. The van der Waals surface area contributed by atoms with Gasteiger partial charge in [-0.05, 0) is 19.3 Å². The molecule has 1 heterocycles. The van der Waals surface area contributed by atoms with E-state index in [0.717, 1.165) is 18.1 Å². The third-order valence-corrected chi connectivity index (χ3v) is 2.15. The fourth-order valence-electron chi connectivity index (χ4n) is 1.44. The lowest BCUT2D eigenvalue weighted by molar-refractivity contribution is 0.0464. The van der Waals surface area contributed by atoms with E-state index in [1.807, 2.05) is 6.92 Å². The van der Waals surface area contributed by atoms with Crippen LogP contribution in [0, 0.1) is 5.92 Å². The average Bonchev–Trinajstić information content (AvgIpc) is 2.26. The van der Waals surface area contributed by atoms with Crippen LogP contribution in [0.4, 0.5) is 0 Å². The van der Waals surface area contributed by atoms with E-state index in [1.54, 1.807) is 0 Å². The van der Waals surface area contributed by atoms with E-state index in [9.17, 15) is 0 Å². The van der Waals surface area contributed by atoms with E-state index < -0.39 is 0 Å². The summed E-state index contributed by atoms with van der Waals surface area (Å²) in [6.07, 6.45) is 4.70. The van der Waals surface area contributed by atoms with Crippen molar-refractivity contribution < 1.29 is 4.74 Å². The van der Waals surface area contributed by atoms with E-state index in [-0.39, 0.29) is 6.23 Å². The van der Waals surface area contributed by atoms with Gasteiger partial charge in [-0.2, -0.15) is 0 Å². The van der Waals surface area contributed by atoms with Crippen LogP contribution in [0.3, 0.4) is 0 Å². The maximum Gasteiger partial charge on any atom is 0.171 e. The van der Waals surface area contributed by atoms with E-state index in [4.69, 9.17) is 4.74 Å². The van der Waals surface area contributed by atoms with Gasteiger partial charge in [0, 0.05) is 19.7 Å². The zero-order valence-electron chi connectivity index (χ0n) is 8.50. The molecule has 0 spiro atoms. The number of rotatable bonds is 3. The monoisotopic (exact) mass is 169 g/mol. The Hall–Kier alpha value is -0.660. The van der Waals surface area contributed by atoms with Crippen molar-refractivity contribution in [1.29, 1.82) is 0 Å². The van der Waals surface area contributed by atoms with Gasteiger partial charge in [-0.3, -0.25) is 0 Å². The van der Waals surface area contributed by atoms with Crippen LogP contribution in [0.5, 0.6) is 0 Å². The van der Waals surface area contributed by atoms with Gasteiger partial charge in [0.05, 0.1) is 0 Å². The minimum absolute atomic E-state index is 0.285. The first kappa shape index (κ1) is 9.43. The summed E-state index contributed by atoms with van der Waals surface area (Å²) in [4.78, 5) is 2.15. The number of hydrogen-bond donors (Lipinski definition) is 0. The van der Waals surface area contributed by atoms with E-state index >= 15 is 0 Å². The summed E-state index contributed by atoms with van der Waals surface area (Å²) in [5.74, 6) is 1.80. The number of hydrogen-bond acceptors (Lipinski definition) is 2. The van der Waals surface area contributed by atoms with Gasteiger partial charge in [0.2, 0.25) is 0 Å². The van der Waals surface area contributed by atoms with Crippen LogP contribution >= 0.6 is 0 Å². The third kappa shape index (κ3) is 2.43. The van der Waals surface area contributed by atoms with Crippen LogP contribution in [0.2, 0.25) is 0 Å². The molecular formula is C10H19NO. The second kappa shape index (κ2) is 3.83. The van der Waals surface area contributed by atoms with Crippen molar-refractivity contribution in [2.24, 2.45) is 5.92 Å². The Morgan fingerprint density at radius 3 is 2.67 bits per heavy atom. The fourth-order valence-corrected chi connectivity index (χ4v) is 1.44. The van der Waals surface area contributed by atoms with Crippen molar-refractivity contribution in [1.82, 2.24) is 4.90 Å². The molecule has 1 aliphatic rings. The van der Waals surface area contributed by atoms with Crippen LogP contribution in [-0.4, -0.2) is 18.2 Å². The van der Waals surface area contributed by atoms with Crippen LogP contribution in [0.1, 0.15) is 33.6 Å². The second-order valence-corrected chi connectivity index (χ2v) is 3.95. The molecular weight excluding hydrogens is 150 g/mol. The van der Waals surface area contributed by atoms with Gasteiger partial charge < -0.3 is 9.64 Å². The van der Waals surface area contributed by atoms with Crippen molar-refractivity contribution >= 4 is 0 Å². The highest BCUT2D eigenvalue weighted by Gasteiger charge is 2.19. The Morgan fingerprint density at radius 2 is 2.25 bits per heavy atom. The molecule has 0 bridgehead atoms. The molecule has 1 rings (SSSR count).